The first-order chi connectivity index (χ1) is 23.9. The van der Waals surface area contributed by atoms with E-state index in [2.05, 4.69) is 110 Å². The molecule has 2 aromatic carbocycles. The van der Waals surface area contributed by atoms with Crippen LogP contribution in [0.2, 0.25) is 0 Å². The molecule has 4 rings (SSSR count). The van der Waals surface area contributed by atoms with E-state index in [4.69, 9.17) is 0 Å². The number of halogens is 4. The van der Waals surface area contributed by atoms with Gasteiger partial charge in [-0.1, -0.05) is 87.6 Å². The summed E-state index contributed by atoms with van der Waals surface area (Å²) in [4.78, 5) is 0. The van der Waals surface area contributed by atoms with Crippen molar-refractivity contribution in [3.63, 3.8) is 0 Å². The fraction of sp³-hybridized carbons (Fsp3) is 0.524. The lowest BCUT2D eigenvalue weighted by atomic mass is 9.73. The van der Waals surface area contributed by atoms with E-state index < -0.39 is 5.60 Å². The first-order valence-electron chi connectivity index (χ1n) is 18.1. The van der Waals surface area contributed by atoms with E-state index >= 15 is 0 Å². The first kappa shape index (κ1) is 45.6. The van der Waals surface area contributed by atoms with Crippen LogP contribution in [0.15, 0.2) is 72.1 Å². The van der Waals surface area contributed by atoms with Gasteiger partial charge in [0.2, 0.25) is 0 Å². The summed E-state index contributed by atoms with van der Waals surface area (Å²) >= 11 is 13.8. The molecule has 2 aromatic rings. The van der Waals surface area contributed by atoms with Gasteiger partial charge in [0.25, 0.3) is 0 Å². The van der Waals surface area contributed by atoms with Crippen molar-refractivity contribution in [2.45, 2.75) is 130 Å². The molecule has 51 heavy (non-hydrogen) atoms. The van der Waals surface area contributed by atoms with Gasteiger partial charge >= 0.3 is 0 Å². The minimum Gasteiger partial charge on any atom is -0.507 e. The van der Waals surface area contributed by atoms with Gasteiger partial charge in [0, 0.05) is 17.5 Å². The highest BCUT2D eigenvalue weighted by Gasteiger charge is 2.33. The summed E-state index contributed by atoms with van der Waals surface area (Å²) in [5.74, 6) is 1.15. The largest absolute Gasteiger partial charge is 0.507 e. The number of hydrogen-bond donors (Lipinski definition) is 5. The number of rotatable bonds is 11. The Balaban J connectivity index is 0.000000293. The molecule has 0 spiro atoms. The smallest absolute Gasteiger partial charge is 0.137 e. The van der Waals surface area contributed by atoms with Crippen LogP contribution in [0.5, 0.6) is 23.0 Å². The SMILES string of the molecule is C=C(C)[C@@H]1CCC(C)=C[C@H]1c1c(O)c(Br)c(CCCCC)c(Br)c1O.C=C(C)[C@H]1C=C[C@@](C)(O)CC1.CCCCCc1c(Br)c(O)cc(O)c1Br. The van der Waals surface area contributed by atoms with Crippen LogP contribution in [0, 0.1) is 11.8 Å². The summed E-state index contributed by atoms with van der Waals surface area (Å²) in [6.07, 6.45) is 18.3. The highest BCUT2D eigenvalue weighted by Crippen LogP contribution is 2.52. The number of phenols is 4. The first-order valence-corrected chi connectivity index (χ1v) is 21.3. The molecule has 5 nitrogen and oxygen atoms in total. The number of phenolic OH excluding ortho intramolecular Hbond substituents is 4. The average Bonchev–Trinajstić information content (AvgIpc) is 3.06. The van der Waals surface area contributed by atoms with Crippen molar-refractivity contribution in [2.24, 2.45) is 11.8 Å². The minimum absolute atomic E-state index is 0.0523. The topological polar surface area (TPSA) is 101 Å². The van der Waals surface area contributed by atoms with Crippen molar-refractivity contribution < 1.29 is 25.5 Å². The van der Waals surface area contributed by atoms with Crippen LogP contribution < -0.4 is 0 Å². The van der Waals surface area contributed by atoms with E-state index in [-0.39, 0.29) is 34.8 Å². The van der Waals surface area contributed by atoms with Crippen LogP contribution in [0.3, 0.4) is 0 Å². The average molecular weight is 963 g/mol. The monoisotopic (exact) mass is 958 g/mol. The maximum atomic E-state index is 10.9. The molecule has 9 heteroatoms. The zero-order chi connectivity index (χ0) is 38.6. The van der Waals surface area contributed by atoms with Crippen molar-refractivity contribution in [3.8, 4) is 23.0 Å². The maximum Gasteiger partial charge on any atom is 0.137 e. The van der Waals surface area contributed by atoms with E-state index in [1.165, 1.54) is 17.2 Å². The van der Waals surface area contributed by atoms with Crippen LogP contribution in [0.1, 0.15) is 128 Å². The highest BCUT2D eigenvalue weighted by molar-refractivity contribution is 9.11. The summed E-state index contributed by atoms with van der Waals surface area (Å²) in [7, 11) is 0. The van der Waals surface area contributed by atoms with E-state index in [1.54, 1.807) is 0 Å². The lowest BCUT2D eigenvalue weighted by Gasteiger charge is -2.32. The Morgan fingerprint density at radius 2 is 1.27 bits per heavy atom. The van der Waals surface area contributed by atoms with Crippen LogP contribution in [-0.4, -0.2) is 31.1 Å². The third-order valence-electron chi connectivity index (χ3n) is 9.77. The van der Waals surface area contributed by atoms with Gasteiger partial charge < -0.3 is 25.5 Å². The molecule has 0 unspecified atom stereocenters. The Kier molecular flexibility index (Phi) is 19.1. The Bertz CT molecular complexity index is 1520. The zero-order valence-electron chi connectivity index (χ0n) is 31.2. The number of unbranched alkanes of at least 4 members (excludes halogenated alkanes) is 4. The van der Waals surface area contributed by atoms with Crippen LogP contribution in [0.25, 0.3) is 0 Å². The molecule has 0 aliphatic heterocycles. The van der Waals surface area contributed by atoms with Gasteiger partial charge in [-0.05, 0) is 166 Å². The number of allylic oxidation sites excluding steroid dienone is 5. The molecule has 4 atom stereocenters. The van der Waals surface area contributed by atoms with Gasteiger partial charge in [-0.3, -0.25) is 0 Å². The lowest BCUT2D eigenvalue weighted by Crippen LogP contribution is -2.25. The molecular weight excluding hydrogens is 904 g/mol. The van der Waals surface area contributed by atoms with E-state index in [9.17, 15) is 25.5 Å². The Labute approximate surface area is 340 Å². The highest BCUT2D eigenvalue weighted by atomic mass is 79.9. The third-order valence-corrected chi connectivity index (χ3v) is 13.2. The van der Waals surface area contributed by atoms with Gasteiger partial charge in [0.15, 0.2) is 0 Å². The summed E-state index contributed by atoms with van der Waals surface area (Å²) in [5, 5.41) is 50.4. The summed E-state index contributed by atoms with van der Waals surface area (Å²) in [6, 6.07) is 1.33. The number of aromatic hydroxyl groups is 4. The van der Waals surface area contributed by atoms with Gasteiger partial charge in [0.05, 0.1) is 23.5 Å². The van der Waals surface area contributed by atoms with Crippen molar-refractivity contribution in [2.75, 3.05) is 0 Å². The number of hydrogen-bond acceptors (Lipinski definition) is 5. The van der Waals surface area contributed by atoms with Crippen molar-refractivity contribution in [3.05, 3.63) is 88.8 Å². The summed E-state index contributed by atoms with van der Waals surface area (Å²) in [6.45, 7) is 20.4. The molecule has 0 radical (unpaired) electrons. The molecule has 5 N–H and O–H groups in total. The fourth-order valence-corrected chi connectivity index (χ4v) is 9.29. The molecule has 0 aromatic heterocycles. The predicted octanol–water partition coefficient (Wildman–Crippen LogP) is 14.0. The summed E-state index contributed by atoms with van der Waals surface area (Å²) < 4.78 is 2.73. The third kappa shape index (κ3) is 13.1. The second kappa shape index (κ2) is 21.4. The molecular formula is C42H58Br4O5. The molecule has 0 amide bonds. The normalized spacial score (nSPS) is 21.2. The van der Waals surface area contributed by atoms with Gasteiger partial charge in [-0.15, -0.1) is 0 Å². The Morgan fingerprint density at radius 3 is 1.69 bits per heavy atom. The van der Waals surface area contributed by atoms with Gasteiger partial charge in [0.1, 0.15) is 23.0 Å². The van der Waals surface area contributed by atoms with E-state index in [0.717, 1.165) is 93.7 Å². The molecule has 0 saturated heterocycles. The minimum atomic E-state index is -0.577. The standard InChI is InChI=1S/C21H28Br2O2.C11H14Br2O2.C10H16O/c1-5-6-7-8-15-18(22)20(24)17(21(25)19(15)23)16-11-13(4)9-10-14(16)12(2)3;1-2-3-4-5-7-10(12)8(14)6-9(15)11(7)13;1-8(2)9-4-6-10(3,11)7-5-9/h11,14,16,24-25H,2,5-10H2,1,3-4H3;6,14-15H,2-5H2,1H3;4,6,9,11H,1,5,7H2,2-3H3/t14-,16+;;9-,10+/m0.0/s1. The van der Waals surface area contributed by atoms with Gasteiger partial charge in [-0.2, -0.15) is 0 Å². The second-order valence-corrected chi connectivity index (χ2v) is 17.6. The maximum absolute atomic E-state index is 10.9. The summed E-state index contributed by atoms with van der Waals surface area (Å²) in [5.41, 5.74) is 5.47. The fourth-order valence-electron chi connectivity index (χ4n) is 6.52. The second-order valence-electron chi connectivity index (χ2n) is 14.4. The van der Waals surface area contributed by atoms with Crippen LogP contribution >= 0.6 is 63.7 Å². The van der Waals surface area contributed by atoms with E-state index in [1.807, 2.05) is 26.8 Å². The Morgan fingerprint density at radius 1 is 0.784 bits per heavy atom. The molecule has 0 fully saturated rings. The number of benzene rings is 2. The van der Waals surface area contributed by atoms with Crippen LogP contribution in [0.4, 0.5) is 0 Å². The Hall–Kier alpha value is -1.52. The molecule has 2 aliphatic rings. The van der Waals surface area contributed by atoms with Crippen LogP contribution in [-0.2, 0) is 12.8 Å². The van der Waals surface area contributed by atoms with Gasteiger partial charge in [-0.25, -0.2) is 0 Å². The number of aliphatic hydroxyl groups is 1. The molecule has 284 valence electrons. The zero-order valence-corrected chi connectivity index (χ0v) is 37.5. The lowest BCUT2D eigenvalue weighted by molar-refractivity contribution is 0.0903. The van der Waals surface area contributed by atoms with Crippen molar-refractivity contribution >= 4 is 63.7 Å². The quantitative estimate of drug-likeness (QED) is 0.114. The van der Waals surface area contributed by atoms with Crippen molar-refractivity contribution in [1.82, 2.24) is 0 Å². The molecule has 2 aliphatic carbocycles. The molecule has 0 bridgehead atoms. The molecule has 0 saturated carbocycles. The van der Waals surface area contributed by atoms with E-state index in [0.29, 0.717) is 29.4 Å². The molecule has 0 heterocycles. The van der Waals surface area contributed by atoms with Crippen molar-refractivity contribution in [1.29, 1.82) is 0 Å². The predicted molar refractivity (Wildman–Crippen MR) is 228 cm³/mol.